The maximum absolute atomic E-state index is 11.8. The van der Waals surface area contributed by atoms with Crippen LogP contribution in [0.15, 0.2) is 6.07 Å². The molecule has 1 aliphatic rings. The molecule has 0 bridgehead atoms. The number of nitrogens with two attached hydrogens (primary N) is 1. The second-order valence-corrected chi connectivity index (χ2v) is 6.61. The molecule has 0 spiro atoms. The fourth-order valence-corrected chi connectivity index (χ4v) is 3.66. The SMILES string of the molecule is CNC(=O)C1CCCN(Cc2cc(C(=O)NN)sc2C)C1. The van der Waals surface area contributed by atoms with E-state index in [0.717, 1.165) is 42.9 Å². The van der Waals surface area contributed by atoms with Crippen molar-refractivity contribution in [2.45, 2.75) is 26.3 Å². The number of hydrazine groups is 1. The van der Waals surface area contributed by atoms with E-state index in [2.05, 4.69) is 15.6 Å². The number of hydrogen-bond donors (Lipinski definition) is 3. The van der Waals surface area contributed by atoms with Crippen molar-refractivity contribution in [1.29, 1.82) is 0 Å². The van der Waals surface area contributed by atoms with Crippen LogP contribution in [0.4, 0.5) is 0 Å². The molecule has 1 atom stereocenters. The zero-order chi connectivity index (χ0) is 15.4. The topological polar surface area (TPSA) is 87.5 Å². The molecule has 1 aromatic heterocycles. The van der Waals surface area contributed by atoms with Gasteiger partial charge >= 0.3 is 0 Å². The third-order valence-electron chi connectivity index (χ3n) is 3.89. The second-order valence-electron chi connectivity index (χ2n) is 5.35. The molecule has 1 unspecified atom stereocenters. The summed E-state index contributed by atoms with van der Waals surface area (Å²) in [6.07, 6.45) is 1.97. The highest BCUT2D eigenvalue weighted by Crippen LogP contribution is 2.25. The largest absolute Gasteiger partial charge is 0.359 e. The van der Waals surface area contributed by atoms with Crippen molar-refractivity contribution in [2.75, 3.05) is 20.1 Å². The molecule has 7 heteroatoms. The van der Waals surface area contributed by atoms with E-state index in [9.17, 15) is 9.59 Å². The van der Waals surface area contributed by atoms with E-state index in [1.54, 1.807) is 7.05 Å². The lowest BCUT2D eigenvalue weighted by Gasteiger charge is -2.31. The number of likely N-dealkylation sites (tertiary alicyclic amines) is 1. The Kier molecular flexibility index (Phi) is 5.33. The van der Waals surface area contributed by atoms with Crippen LogP contribution in [0.2, 0.25) is 0 Å². The van der Waals surface area contributed by atoms with Crippen molar-refractivity contribution in [1.82, 2.24) is 15.6 Å². The van der Waals surface area contributed by atoms with Gasteiger partial charge in [0.25, 0.3) is 5.91 Å². The van der Waals surface area contributed by atoms with Crippen LogP contribution in [0.5, 0.6) is 0 Å². The Morgan fingerprint density at radius 3 is 2.95 bits per heavy atom. The molecule has 1 aromatic rings. The number of rotatable bonds is 4. The summed E-state index contributed by atoms with van der Waals surface area (Å²) in [5.41, 5.74) is 3.30. The predicted octanol–water partition coefficient (Wildman–Crippen LogP) is 0.618. The summed E-state index contributed by atoms with van der Waals surface area (Å²) in [6.45, 7) is 4.54. The fraction of sp³-hybridized carbons (Fsp3) is 0.571. The number of amides is 2. The number of piperidine rings is 1. The molecule has 0 aliphatic carbocycles. The third-order valence-corrected chi connectivity index (χ3v) is 4.98. The Bertz CT molecular complexity index is 529. The summed E-state index contributed by atoms with van der Waals surface area (Å²) in [5.74, 6) is 5.09. The van der Waals surface area contributed by atoms with Gasteiger partial charge in [0.1, 0.15) is 0 Å². The molecule has 116 valence electrons. The van der Waals surface area contributed by atoms with Gasteiger partial charge in [0.05, 0.1) is 10.8 Å². The number of thiophene rings is 1. The molecule has 0 radical (unpaired) electrons. The molecular formula is C14H22N4O2S. The van der Waals surface area contributed by atoms with Crippen molar-refractivity contribution in [3.05, 3.63) is 21.4 Å². The van der Waals surface area contributed by atoms with E-state index in [-0.39, 0.29) is 17.7 Å². The number of nitrogens with one attached hydrogen (secondary N) is 2. The first kappa shape index (κ1) is 15.9. The average Bonchev–Trinajstić information content (AvgIpc) is 2.87. The molecule has 1 fully saturated rings. The highest BCUT2D eigenvalue weighted by Gasteiger charge is 2.25. The lowest BCUT2D eigenvalue weighted by atomic mass is 9.97. The van der Waals surface area contributed by atoms with Crippen LogP contribution in [0, 0.1) is 12.8 Å². The Hall–Kier alpha value is -1.44. The van der Waals surface area contributed by atoms with E-state index in [4.69, 9.17) is 5.84 Å². The lowest BCUT2D eigenvalue weighted by molar-refractivity contribution is -0.126. The first-order valence-corrected chi connectivity index (χ1v) is 7.91. The van der Waals surface area contributed by atoms with Crippen LogP contribution >= 0.6 is 11.3 Å². The maximum atomic E-state index is 11.8. The monoisotopic (exact) mass is 310 g/mol. The van der Waals surface area contributed by atoms with Crippen LogP contribution < -0.4 is 16.6 Å². The van der Waals surface area contributed by atoms with Crippen LogP contribution in [-0.4, -0.2) is 36.9 Å². The summed E-state index contributed by atoms with van der Waals surface area (Å²) in [7, 11) is 1.68. The van der Waals surface area contributed by atoms with Crippen molar-refractivity contribution < 1.29 is 9.59 Å². The van der Waals surface area contributed by atoms with Gasteiger partial charge in [-0.2, -0.15) is 0 Å². The van der Waals surface area contributed by atoms with E-state index in [1.165, 1.54) is 11.3 Å². The van der Waals surface area contributed by atoms with Gasteiger partial charge in [0, 0.05) is 25.0 Å². The molecule has 2 heterocycles. The smallest absolute Gasteiger partial charge is 0.275 e. The van der Waals surface area contributed by atoms with E-state index >= 15 is 0 Å². The van der Waals surface area contributed by atoms with Crippen LogP contribution in [-0.2, 0) is 11.3 Å². The number of hydrogen-bond acceptors (Lipinski definition) is 5. The minimum atomic E-state index is -0.253. The van der Waals surface area contributed by atoms with Gasteiger partial charge in [0.2, 0.25) is 5.91 Å². The minimum absolute atomic E-state index is 0.0644. The Labute approximate surface area is 128 Å². The highest BCUT2D eigenvalue weighted by molar-refractivity contribution is 7.14. The fourth-order valence-electron chi connectivity index (χ4n) is 2.72. The van der Waals surface area contributed by atoms with E-state index in [1.807, 2.05) is 13.0 Å². The van der Waals surface area contributed by atoms with Crippen molar-refractivity contribution >= 4 is 23.2 Å². The number of aryl methyl sites for hydroxylation is 1. The molecule has 2 amide bonds. The maximum Gasteiger partial charge on any atom is 0.275 e. The minimum Gasteiger partial charge on any atom is -0.359 e. The molecule has 0 aromatic carbocycles. The molecular weight excluding hydrogens is 288 g/mol. The van der Waals surface area contributed by atoms with Gasteiger partial charge in [-0.1, -0.05) is 0 Å². The first-order valence-electron chi connectivity index (χ1n) is 7.09. The van der Waals surface area contributed by atoms with Gasteiger partial charge < -0.3 is 5.32 Å². The number of carbonyl (C=O) groups excluding carboxylic acids is 2. The molecule has 0 saturated carbocycles. The normalized spacial score (nSPS) is 19.3. The Balaban J connectivity index is 2.02. The summed E-state index contributed by atoms with van der Waals surface area (Å²) in [5, 5.41) is 2.73. The van der Waals surface area contributed by atoms with Gasteiger partial charge in [0.15, 0.2) is 0 Å². The van der Waals surface area contributed by atoms with Crippen molar-refractivity contribution in [3.8, 4) is 0 Å². The molecule has 2 rings (SSSR count). The summed E-state index contributed by atoms with van der Waals surface area (Å²) >= 11 is 1.45. The van der Waals surface area contributed by atoms with Crippen LogP contribution in [0.1, 0.15) is 33.0 Å². The molecule has 1 saturated heterocycles. The van der Waals surface area contributed by atoms with Crippen LogP contribution in [0.3, 0.4) is 0 Å². The summed E-state index contributed by atoms with van der Waals surface area (Å²) < 4.78 is 0. The summed E-state index contributed by atoms with van der Waals surface area (Å²) in [6, 6.07) is 1.89. The van der Waals surface area contributed by atoms with Crippen molar-refractivity contribution in [2.24, 2.45) is 11.8 Å². The van der Waals surface area contributed by atoms with Gasteiger partial charge in [-0.25, -0.2) is 5.84 Å². The van der Waals surface area contributed by atoms with Gasteiger partial charge in [-0.3, -0.25) is 19.9 Å². The second kappa shape index (κ2) is 7.02. The number of carbonyl (C=O) groups is 2. The summed E-state index contributed by atoms with van der Waals surface area (Å²) in [4.78, 5) is 27.4. The Morgan fingerprint density at radius 2 is 2.29 bits per heavy atom. The predicted molar refractivity (Wildman–Crippen MR) is 82.8 cm³/mol. The van der Waals surface area contributed by atoms with Gasteiger partial charge in [-0.15, -0.1) is 11.3 Å². The standard InChI is InChI=1S/C14H22N4O2S/c1-9-11(6-12(21-9)14(20)17-15)8-18-5-3-4-10(7-18)13(19)16-2/h6,10H,3-5,7-8,15H2,1-2H3,(H,16,19)(H,17,20). The van der Waals surface area contributed by atoms with Crippen molar-refractivity contribution in [3.63, 3.8) is 0 Å². The number of nitrogens with zero attached hydrogens (tertiary/aromatic N) is 1. The first-order chi connectivity index (χ1) is 10.0. The van der Waals surface area contributed by atoms with E-state index < -0.39 is 0 Å². The molecule has 1 aliphatic heterocycles. The van der Waals surface area contributed by atoms with Gasteiger partial charge in [-0.05, 0) is 37.9 Å². The zero-order valence-electron chi connectivity index (χ0n) is 12.4. The van der Waals surface area contributed by atoms with Crippen LogP contribution in [0.25, 0.3) is 0 Å². The number of nitrogen functional groups attached to an aromatic ring is 1. The Morgan fingerprint density at radius 1 is 1.52 bits per heavy atom. The molecule has 4 N–H and O–H groups in total. The third kappa shape index (κ3) is 3.81. The molecule has 21 heavy (non-hydrogen) atoms. The van der Waals surface area contributed by atoms with E-state index in [0.29, 0.717) is 4.88 Å². The highest BCUT2D eigenvalue weighted by atomic mass is 32.1. The lowest BCUT2D eigenvalue weighted by Crippen LogP contribution is -2.41. The average molecular weight is 310 g/mol. The zero-order valence-corrected chi connectivity index (χ0v) is 13.3. The molecule has 6 nitrogen and oxygen atoms in total. The quantitative estimate of drug-likeness (QED) is 0.432.